The zero-order chi connectivity index (χ0) is 9.98. The molecular weight excluding hydrogens is 148 g/mol. The summed E-state index contributed by atoms with van der Waals surface area (Å²) in [5.41, 5.74) is 1.09. The Bertz CT molecular complexity index is 168. The van der Waals surface area contributed by atoms with E-state index in [1.807, 2.05) is 47.1 Å². The van der Waals surface area contributed by atoms with Gasteiger partial charge in [0, 0.05) is 12.7 Å². The van der Waals surface area contributed by atoms with E-state index in [1.54, 1.807) is 0 Å². The van der Waals surface area contributed by atoms with Gasteiger partial charge in [0.2, 0.25) is 0 Å². The van der Waals surface area contributed by atoms with Crippen molar-refractivity contribution in [2.45, 2.75) is 48.1 Å². The van der Waals surface area contributed by atoms with Crippen LogP contribution in [0.2, 0.25) is 0 Å². The van der Waals surface area contributed by atoms with Gasteiger partial charge in [-0.25, -0.2) is 4.98 Å². The van der Waals surface area contributed by atoms with E-state index in [9.17, 15) is 0 Å². The molecule has 2 heteroatoms. The first-order valence-electron chi connectivity index (χ1n) is 4.81. The average Bonchev–Trinajstić information content (AvgIpc) is 2.58. The summed E-state index contributed by atoms with van der Waals surface area (Å²) in [7, 11) is 0. The van der Waals surface area contributed by atoms with E-state index in [0.717, 1.165) is 12.2 Å². The minimum atomic E-state index is 1.01. The van der Waals surface area contributed by atoms with E-state index in [-0.39, 0.29) is 0 Å². The molecule has 0 radical (unpaired) electrons. The van der Waals surface area contributed by atoms with Crippen LogP contribution < -0.4 is 0 Å². The molecule has 0 bridgehead atoms. The van der Waals surface area contributed by atoms with Crippen molar-refractivity contribution in [1.29, 1.82) is 0 Å². The quantitative estimate of drug-likeness (QED) is 0.632. The lowest BCUT2D eigenvalue weighted by atomic mass is 10.6. The second-order valence-corrected chi connectivity index (χ2v) is 1.85. The lowest BCUT2D eigenvalue weighted by Gasteiger charge is -1.88. The molecule has 0 saturated carbocycles. The van der Waals surface area contributed by atoms with Crippen molar-refractivity contribution in [2.75, 3.05) is 0 Å². The maximum absolute atomic E-state index is 4.05. The van der Waals surface area contributed by atoms with Gasteiger partial charge in [0.25, 0.3) is 0 Å². The smallest absolute Gasteiger partial charge is 0.0949 e. The molecule has 0 aliphatic heterocycles. The molecule has 0 aromatic carbocycles. The third-order valence-electron chi connectivity index (χ3n) is 1.13. The Kier molecular flexibility index (Phi) is 11.7. The van der Waals surface area contributed by atoms with Gasteiger partial charge in [0.1, 0.15) is 0 Å². The number of imidazole rings is 1. The summed E-state index contributed by atoms with van der Waals surface area (Å²) in [5, 5.41) is 0. The first-order chi connectivity index (χ1) is 5.83. The summed E-state index contributed by atoms with van der Waals surface area (Å²) in [4.78, 5) is 4.05. The van der Waals surface area contributed by atoms with Crippen LogP contribution in [0.5, 0.6) is 0 Å². The molecule has 0 fully saturated rings. The number of hydrogen-bond acceptors (Lipinski definition) is 1. The molecule has 0 unspecified atom stereocenters. The number of aromatic nitrogens is 2. The largest absolute Gasteiger partial charge is 0.337 e. The third-order valence-corrected chi connectivity index (χ3v) is 1.13. The van der Waals surface area contributed by atoms with Gasteiger partial charge in [-0.1, -0.05) is 27.7 Å². The fourth-order valence-corrected chi connectivity index (χ4v) is 0.645. The molecule has 0 aliphatic carbocycles. The molecule has 0 atom stereocenters. The maximum Gasteiger partial charge on any atom is 0.0949 e. The van der Waals surface area contributed by atoms with Gasteiger partial charge in [-0.05, 0) is 13.8 Å². The van der Waals surface area contributed by atoms with E-state index < -0.39 is 0 Å². The lowest BCUT2D eigenvalue weighted by Crippen LogP contribution is -1.86. The van der Waals surface area contributed by atoms with Crippen molar-refractivity contribution in [3.63, 3.8) is 0 Å². The van der Waals surface area contributed by atoms with Crippen LogP contribution in [-0.2, 0) is 6.54 Å². The van der Waals surface area contributed by atoms with Crippen molar-refractivity contribution in [3.05, 3.63) is 18.2 Å². The van der Waals surface area contributed by atoms with E-state index >= 15 is 0 Å². The first kappa shape index (κ1) is 13.8. The lowest BCUT2D eigenvalue weighted by molar-refractivity contribution is 0.761. The Morgan fingerprint density at radius 2 is 1.75 bits per heavy atom. The Balaban J connectivity index is 0. The summed E-state index contributed by atoms with van der Waals surface area (Å²) in [6, 6.07) is 0. The maximum atomic E-state index is 4.05. The van der Waals surface area contributed by atoms with Gasteiger partial charge < -0.3 is 4.57 Å². The van der Waals surface area contributed by atoms with Crippen LogP contribution in [0.3, 0.4) is 0 Å². The monoisotopic (exact) mass is 170 g/mol. The molecule has 0 N–H and O–H groups in total. The minimum Gasteiger partial charge on any atom is -0.337 e. The summed E-state index contributed by atoms with van der Waals surface area (Å²) in [6.07, 6.45) is 3.87. The number of nitrogens with zero attached hydrogens (tertiary/aromatic N) is 2. The predicted octanol–water partition coefficient (Wildman–Crippen LogP) is 3.26. The molecule has 72 valence electrons. The minimum absolute atomic E-state index is 1.01. The summed E-state index contributed by atoms with van der Waals surface area (Å²) in [5.74, 6) is 0. The van der Waals surface area contributed by atoms with Crippen LogP contribution in [0.4, 0.5) is 0 Å². The molecule has 1 rings (SSSR count). The molecule has 2 nitrogen and oxygen atoms in total. The highest BCUT2D eigenvalue weighted by atomic mass is 15.0. The molecule has 0 spiro atoms. The van der Waals surface area contributed by atoms with E-state index in [0.29, 0.717) is 0 Å². The highest BCUT2D eigenvalue weighted by Crippen LogP contribution is 1.90. The van der Waals surface area contributed by atoms with Crippen LogP contribution in [0, 0.1) is 6.92 Å². The molecule has 0 amide bonds. The van der Waals surface area contributed by atoms with Crippen LogP contribution >= 0.6 is 0 Å². The van der Waals surface area contributed by atoms with Crippen molar-refractivity contribution in [2.24, 2.45) is 0 Å². The first-order valence-corrected chi connectivity index (χ1v) is 4.81. The molecule has 0 aliphatic rings. The molecule has 0 saturated heterocycles. The Hall–Kier alpha value is -0.790. The summed E-state index contributed by atoms with van der Waals surface area (Å²) >= 11 is 0. The number of rotatable bonds is 1. The van der Waals surface area contributed by atoms with E-state index in [1.165, 1.54) is 0 Å². The van der Waals surface area contributed by atoms with Crippen LogP contribution in [-0.4, -0.2) is 9.55 Å². The van der Waals surface area contributed by atoms with Crippen LogP contribution in [0.25, 0.3) is 0 Å². The van der Waals surface area contributed by atoms with E-state index in [4.69, 9.17) is 0 Å². The predicted molar refractivity (Wildman–Crippen MR) is 55.3 cm³/mol. The van der Waals surface area contributed by atoms with Gasteiger partial charge in [0.05, 0.1) is 12.0 Å². The van der Waals surface area contributed by atoms with Crippen LogP contribution in [0.15, 0.2) is 12.5 Å². The third kappa shape index (κ3) is 5.96. The average molecular weight is 170 g/mol. The highest BCUT2D eigenvalue weighted by Gasteiger charge is 1.85. The van der Waals surface area contributed by atoms with Crippen molar-refractivity contribution in [1.82, 2.24) is 9.55 Å². The second kappa shape index (κ2) is 10.2. The molecule has 1 heterocycles. The molecule has 12 heavy (non-hydrogen) atoms. The Labute approximate surface area is 76.6 Å². The fourth-order valence-electron chi connectivity index (χ4n) is 0.645. The topological polar surface area (TPSA) is 17.8 Å². The van der Waals surface area contributed by atoms with Crippen molar-refractivity contribution < 1.29 is 0 Å². The van der Waals surface area contributed by atoms with Gasteiger partial charge >= 0.3 is 0 Å². The van der Waals surface area contributed by atoms with E-state index in [2.05, 4.69) is 16.5 Å². The molecule has 1 aromatic heterocycles. The Morgan fingerprint density at radius 1 is 1.25 bits per heavy atom. The molecular formula is C10H22N2. The SMILES string of the molecule is CC.CC.CCn1cnc(C)c1. The normalized spacial score (nSPS) is 7.50. The van der Waals surface area contributed by atoms with Gasteiger partial charge in [-0.15, -0.1) is 0 Å². The van der Waals surface area contributed by atoms with Gasteiger partial charge in [-0.2, -0.15) is 0 Å². The fraction of sp³-hybridized carbons (Fsp3) is 0.700. The van der Waals surface area contributed by atoms with Gasteiger partial charge in [0.15, 0.2) is 0 Å². The van der Waals surface area contributed by atoms with Crippen LogP contribution in [0.1, 0.15) is 40.3 Å². The zero-order valence-electron chi connectivity index (χ0n) is 9.26. The number of aryl methyl sites for hydroxylation is 2. The standard InChI is InChI=1S/C6H10N2.2C2H6/c1-3-8-4-6(2)7-5-8;2*1-2/h4-5H,3H2,1-2H3;2*1-2H3. The van der Waals surface area contributed by atoms with Crippen molar-refractivity contribution >= 4 is 0 Å². The Morgan fingerprint density at radius 3 is 1.92 bits per heavy atom. The zero-order valence-corrected chi connectivity index (χ0v) is 9.26. The molecule has 1 aromatic rings. The van der Waals surface area contributed by atoms with Crippen molar-refractivity contribution in [3.8, 4) is 0 Å². The second-order valence-electron chi connectivity index (χ2n) is 1.85. The summed E-state index contributed by atoms with van der Waals surface area (Å²) in [6.45, 7) is 13.1. The van der Waals surface area contributed by atoms with Gasteiger partial charge in [-0.3, -0.25) is 0 Å². The summed E-state index contributed by atoms with van der Waals surface area (Å²) < 4.78 is 2.05. The highest BCUT2D eigenvalue weighted by molar-refractivity contribution is 4.91. The number of hydrogen-bond donors (Lipinski definition) is 0.